The molecule has 0 fully saturated rings. The summed E-state index contributed by atoms with van der Waals surface area (Å²) in [7, 11) is 1.68. The predicted octanol–water partition coefficient (Wildman–Crippen LogP) is 6.80. The number of benzene rings is 4. The van der Waals surface area contributed by atoms with Crippen molar-refractivity contribution in [3.05, 3.63) is 102 Å². The van der Waals surface area contributed by atoms with E-state index in [9.17, 15) is 0 Å². The molecular weight excluding hydrogens is 468 g/mol. The molecule has 7 heteroatoms. The van der Waals surface area contributed by atoms with Crippen LogP contribution in [0.3, 0.4) is 0 Å². The minimum atomic E-state index is -0.542. The average molecular weight is 493 g/mol. The largest absolute Gasteiger partial charge is 0.496 e. The van der Waals surface area contributed by atoms with Crippen LogP contribution in [0.1, 0.15) is 22.9 Å². The molecule has 1 aliphatic rings. The van der Waals surface area contributed by atoms with Crippen LogP contribution in [-0.4, -0.2) is 22.3 Å². The summed E-state index contributed by atoms with van der Waals surface area (Å²) >= 11 is 1.54. The number of aromatic nitrogens is 3. The van der Waals surface area contributed by atoms with Gasteiger partial charge in [0.05, 0.1) is 12.7 Å². The van der Waals surface area contributed by atoms with Crippen molar-refractivity contribution in [3.8, 4) is 22.9 Å². The highest BCUT2D eigenvalue weighted by Crippen LogP contribution is 2.43. The molecule has 0 saturated heterocycles. The summed E-state index contributed by atoms with van der Waals surface area (Å²) in [6.45, 7) is 2.08. The number of fused-ring (bicyclic) bond motifs is 4. The fourth-order valence-corrected chi connectivity index (χ4v) is 5.13. The van der Waals surface area contributed by atoms with Gasteiger partial charge in [0.15, 0.2) is 5.69 Å². The summed E-state index contributed by atoms with van der Waals surface area (Å²) in [4.78, 5) is 4.80. The Morgan fingerprint density at radius 2 is 1.72 bits per heavy atom. The molecule has 0 amide bonds. The molecule has 0 unspecified atom stereocenters. The zero-order valence-corrected chi connectivity index (χ0v) is 20.8. The molecule has 6 nitrogen and oxygen atoms in total. The normalized spacial score (nSPS) is 14.2. The maximum absolute atomic E-state index is 6.57. The van der Waals surface area contributed by atoms with Crippen LogP contribution in [-0.2, 0) is 5.75 Å². The van der Waals surface area contributed by atoms with Crippen molar-refractivity contribution in [1.82, 2.24) is 15.2 Å². The molecule has 1 aromatic heterocycles. The van der Waals surface area contributed by atoms with Crippen molar-refractivity contribution >= 4 is 28.2 Å². The first-order chi connectivity index (χ1) is 17.7. The van der Waals surface area contributed by atoms with Gasteiger partial charge in [-0.1, -0.05) is 90.1 Å². The first-order valence-electron chi connectivity index (χ1n) is 11.7. The zero-order chi connectivity index (χ0) is 24.5. The third-order valence-corrected chi connectivity index (χ3v) is 7.14. The van der Waals surface area contributed by atoms with Crippen LogP contribution < -0.4 is 14.8 Å². The number of rotatable bonds is 5. The Bertz CT molecular complexity index is 1560. The van der Waals surface area contributed by atoms with Crippen LogP contribution in [0.4, 0.5) is 5.69 Å². The fraction of sp³-hybridized carbons (Fsp3) is 0.138. The number of methoxy groups -OCH3 is 1. The van der Waals surface area contributed by atoms with Crippen molar-refractivity contribution in [2.24, 2.45) is 0 Å². The Kier molecular flexibility index (Phi) is 5.91. The van der Waals surface area contributed by atoms with Gasteiger partial charge < -0.3 is 14.8 Å². The number of ether oxygens (including phenoxy) is 2. The summed E-state index contributed by atoms with van der Waals surface area (Å²) in [6.07, 6.45) is -0.542. The molecule has 1 N–H and O–H groups in total. The van der Waals surface area contributed by atoms with Gasteiger partial charge in [0.2, 0.25) is 17.3 Å². The highest BCUT2D eigenvalue weighted by atomic mass is 32.2. The second kappa shape index (κ2) is 9.51. The molecule has 6 rings (SSSR count). The maximum atomic E-state index is 6.57. The van der Waals surface area contributed by atoms with Gasteiger partial charge in [0.1, 0.15) is 5.75 Å². The molecule has 0 saturated carbocycles. The third-order valence-electron chi connectivity index (χ3n) is 6.23. The molecule has 4 aromatic carbocycles. The van der Waals surface area contributed by atoms with Crippen LogP contribution in [0.15, 0.2) is 90.1 Å². The van der Waals surface area contributed by atoms with E-state index in [4.69, 9.17) is 14.5 Å². The van der Waals surface area contributed by atoms with E-state index in [-0.39, 0.29) is 0 Å². The minimum absolute atomic E-state index is 0.439. The Morgan fingerprint density at radius 1 is 0.917 bits per heavy atom. The highest BCUT2D eigenvalue weighted by molar-refractivity contribution is 7.98. The lowest BCUT2D eigenvalue weighted by Gasteiger charge is -2.23. The molecule has 0 spiro atoms. The number of aryl methyl sites for hydroxylation is 1. The third kappa shape index (κ3) is 4.22. The van der Waals surface area contributed by atoms with Gasteiger partial charge in [-0.05, 0) is 35.4 Å². The Hall–Kier alpha value is -4.10. The first-order valence-corrected chi connectivity index (χ1v) is 12.7. The first kappa shape index (κ1) is 22.4. The summed E-state index contributed by atoms with van der Waals surface area (Å²) in [5.74, 6) is 1.92. The Morgan fingerprint density at radius 3 is 2.58 bits per heavy atom. The van der Waals surface area contributed by atoms with E-state index in [1.165, 1.54) is 22.9 Å². The summed E-state index contributed by atoms with van der Waals surface area (Å²) in [6, 6.07) is 28.7. The smallest absolute Gasteiger partial charge is 0.247 e. The summed E-state index contributed by atoms with van der Waals surface area (Å²) in [5.41, 5.74) is 5.75. The van der Waals surface area contributed by atoms with Gasteiger partial charge >= 0.3 is 0 Å². The number of para-hydroxylation sites is 1. The highest BCUT2D eigenvalue weighted by Gasteiger charge is 2.29. The SMILES string of the molecule is COc1ccc2ccccc2c1[C@@H]1Nc2ccccc2-c2nnc(SCc3ccc(C)cc3)nc2O1. The Labute approximate surface area is 213 Å². The Balaban J connectivity index is 1.42. The molecule has 1 atom stereocenters. The van der Waals surface area contributed by atoms with Crippen LogP contribution >= 0.6 is 11.8 Å². The number of anilines is 1. The maximum Gasteiger partial charge on any atom is 0.247 e. The van der Waals surface area contributed by atoms with Crippen molar-refractivity contribution in [2.75, 3.05) is 12.4 Å². The van der Waals surface area contributed by atoms with E-state index in [0.717, 1.165) is 39.1 Å². The number of hydrogen-bond acceptors (Lipinski definition) is 7. The topological polar surface area (TPSA) is 69.2 Å². The number of nitrogens with zero attached hydrogens (tertiary/aromatic N) is 3. The molecule has 0 aliphatic carbocycles. The molecule has 0 bridgehead atoms. The van der Waals surface area contributed by atoms with E-state index in [1.54, 1.807) is 7.11 Å². The van der Waals surface area contributed by atoms with Gasteiger partial charge in [-0.2, -0.15) is 4.98 Å². The van der Waals surface area contributed by atoms with Gasteiger partial charge in [0.25, 0.3) is 0 Å². The fourth-order valence-electron chi connectivity index (χ4n) is 4.40. The lowest BCUT2D eigenvalue weighted by molar-refractivity contribution is 0.221. The lowest BCUT2D eigenvalue weighted by atomic mass is 10.0. The number of thioether (sulfide) groups is 1. The number of nitrogens with one attached hydrogen (secondary N) is 1. The van der Waals surface area contributed by atoms with Crippen molar-refractivity contribution in [2.45, 2.75) is 24.1 Å². The minimum Gasteiger partial charge on any atom is -0.496 e. The van der Waals surface area contributed by atoms with Crippen LogP contribution in [0.25, 0.3) is 22.0 Å². The van der Waals surface area contributed by atoms with Gasteiger partial charge in [0, 0.05) is 17.0 Å². The van der Waals surface area contributed by atoms with Crippen LogP contribution in [0.5, 0.6) is 11.6 Å². The van der Waals surface area contributed by atoms with Crippen LogP contribution in [0.2, 0.25) is 0 Å². The molecule has 178 valence electrons. The monoisotopic (exact) mass is 492 g/mol. The van der Waals surface area contributed by atoms with E-state index < -0.39 is 6.23 Å². The van der Waals surface area contributed by atoms with Gasteiger partial charge in [-0.3, -0.25) is 0 Å². The second-order valence-corrected chi connectivity index (χ2v) is 9.56. The van der Waals surface area contributed by atoms with Crippen molar-refractivity contribution in [3.63, 3.8) is 0 Å². The van der Waals surface area contributed by atoms with Gasteiger partial charge in [-0.25, -0.2) is 0 Å². The van der Waals surface area contributed by atoms with E-state index in [1.807, 2.05) is 42.5 Å². The molecule has 36 heavy (non-hydrogen) atoms. The average Bonchev–Trinajstić information content (AvgIpc) is 3.08. The van der Waals surface area contributed by atoms with E-state index in [2.05, 4.69) is 64.9 Å². The van der Waals surface area contributed by atoms with Crippen molar-refractivity contribution in [1.29, 1.82) is 0 Å². The number of hydrogen-bond donors (Lipinski definition) is 1. The summed E-state index contributed by atoms with van der Waals surface area (Å²) in [5, 5.41) is 15.2. The van der Waals surface area contributed by atoms with E-state index in [0.29, 0.717) is 16.7 Å². The van der Waals surface area contributed by atoms with E-state index >= 15 is 0 Å². The summed E-state index contributed by atoms with van der Waals surface area (Å²) < 4.78 is 12.3. The van der Waals surface area contributed by atoms with Crippen LogP contribution in [0, 0.1) is 6.92 Å². The molecular formula is C29H24N4O2S. The second-order valence-electron chi connectivity index (χ2n) is 8.61. The molecule has 5 aromatic rings. The molecule has 1 aliphatic heterocycles. The standard InChI is InChI=1S/C29H24N4O2S/c1-18-11-13-19(14-12-18)17-36-29-31-28-26(32-33-29)22-9-5-6-10-23(22)30-27(35-28)25-21-8-4-3-7-20(21)15-16-24(25)34-2/h3-16,27,30H,17H2,1-2H3/t27-/m1/s1. The zero-order valence-electron chi connectivity index (χ0n) is 19.9. The predicted molar refractivity (Wildman–Crippen MR) is 143 cm³/mol. The van der Waals surface area contributed by atoms with Gasteiger partial charge in [-0.15, -0.1) is 10.2 Å². The molecule has 2 heterocycles. The molecule has 0 radical (unpaired) electrons. The quantitative estimate of drug-likeness (QED) is 0.270. The lowest BCUT2D eigenvalue weighted by Crippen LogP contribution is -2.18. The van der Waals surface area contributed by atoms with Crippen molar-refractivity contribution < 1.29 is 9.47 Å².